The Balaban J connectivity index is 0.00000147. The second-order valence-corrected chi connectivity index (χ2v) is 4.99. The van der Waals surface area contributed by atoms with Crippen LogP contribution in [-0.2, 0) is 11.2 Å². The zero-order valence-electron chi connectivity index (χ0n) is 11.3. The molecule has 0 spiro atoms. The van der Waals surface area contributed by atoms with Crippen molar-refractivity contribution in [1.29, 1.82) is 0 Å². The third-order valence-electron chi connectivity index (χ3n) is 3.67. The van der Waals surface area contributed by atoms with Crippen LogP contribution in [0.15, 0.2) is 42.5 Å². The number of Topliss-reactive ketones (excluding diaryl/α,β-unsaturated/α-hetero) is 1. The van der Waals surface area contributed by atoms with Gasteiger partial charge in [0.15, 0.2) is 5.78 Å². The fraction of sp³-hybridized carbons (Fsp3) is 0.312. The number of ketones is 1. The summed E-state index contributed by atoms with van der Waals surface area (Å²) in [5.74, 6) is 0.267. The van der Waals surface area contributed by atoms with Gasteiger partial charge in [0.2, 0.25) is 0 Å². The van der Waals surface area contributed by atoms with Gasteiger partial charge in [-0.25, -0.2) is 0 Å². The molecular formula is C16H19ClN2O. The van der Waals surface area contributed by atoms with Crippen molar-refractivity contribution in [2.45, 2.75) is 12.5 Å². The molecule has 1 saturated heterocycles. The van der Waals surface area contributed by atoms with E-state index in [1.54, 1.807) is 0 Å². The molecular weight excluding hydrogens is 272 g/mol. The lowest BCUT2D eigenvalue weighted by molar-refractivity contribution is -0.120. The van der Waals surface area contributed by atoms with Crippen LogP contribution in [0.1, 0.15) is 5.56 Å². The van der Waals surface area contributed by atoms with Gasteiger partial charge in [-0.05, 0) is 16.3 Å². The third-order valence-corrected chi connectivity index (χ3v) is 3.67. The molecule has 2 aromatic rings. The van der Waals surface area contributed by atoms with Crippen molar-refractivity contribution < 1.29 is 4.79 Å². The maximum atomic E-state index is 12.3. The monoisotopic (exact) mass is 290 g/mol. The summed E-state index contributed by atoms with van der Waals surface area (Å²) in [7, 11) is 0. The molecule has 106 valence electrons. The standard InChI is InChI=1S/C16H18N2O.ClH/c19-16(15-11-17-8-9-18-15)10-13-6-3-5-12-4-1-2-7-14(12)13;/h1-7,15,17-18H,8-11H2;1H. The number of rotatable bonds is 3. The molecule has 1 heterocycles. The van der Waals surface area contributed by atoms with E-state index in [1.807, 2.05) is 18.2 Å². The number of nitrogens with one attached hydrogen (secondary N) is 2. The van der Waals surface area contributed by atoms with Crippen molar-refractivity contribution in [1.82, 2.24) is 10.6 Å². The molecule has 0 aliphatic carbocycles. The highest BCUT2D eigenvalue weighted by Gasteiger charge is 2.20. The van der Waals surface area contributed by atoms with Gasteiger partial charge >= 0.3 is 0 Å². The quantitative estimate of drug-likeness (QED) is 0.908. The van der Waals surface area contributed by atoms with Crippen LogP contribution in [0.25, 0.3) is 10.8 Å². The molecule has 4 heteroatoms. The Kier molecular flexibility index (Phi) is 5.12. The number of carbonyl (C=O) groups is 1. The number of halogens is 1. The van der Waals surface area contributed by atoms with Gasteiger partial charge in [-0.15, -0.1) is 12.4 Å². The summed E-state index contributed by atoms with van der Waals surface area (Å²) < 4.78 is 0. The first kappa shape index (κ1) is 15.0. The molecule has 2 aromatic carbocycles. The zero-order valence-corrected chi connectivity index (χ0v) is 12.1. The van der Waals surface area contributed by atoms with Crippen molar-refractivity contribution in [3.8, 4) is 0 Å². The van der Waals surface area contributed by atoms with Crippen LogP contribution in [0.3, 0.4) is 0 Å². The van der Waals surface area contributed by atoms with Crippen LogP contribution in [0.4, 0.5) is 0 Å². The van der Waals surface area contributed by atoms with E-state index in [1.165, 1.54) is 10.8 Å². The largest absolute Gasteiger partial charge is 0.313 e. The van der Waals surface area contributed by atoms with Crippen molar-refractivity contribution in [3.63, 3.8) is 0 Å². The second kappa shape index (κ2) is 6.84. The number of fused-ring (bicyclic) bond motifs is 1. The van der Waals surface area contributed by atoms with Crippen LogP contribution in [0.2, 0.25) is 0 Å². The molecule has 1 fully saturated rings. The molecule has 0 bridgehead atoms. The maximum absolute atomic E-state index is 12.3. The van der Waals surface area contributed by atoms with Crippen LogP contribution >= 0.6 is 12.4 Å². The first-order valence-corrected chi connectivity index (χ1v) is 6.78. The highest BCUT2D eigenvalue weighted by molar-refractivity contribution is 5.93. The van der Waals surface area contributed by atoms with Crippen LogP contribution in [0, 0.1) is 0 Å². The smallest absolute Gasteiger partial charge is 0.155 e. The summed E-state index contributed by atoms with van der Waals surface area (Å²) in [4.78, 5) is 12.3. The maximum Gasteiger partial charge on any atom is 0.155 e. The van der Waals surface area contributed by atoms with Crippen LogP contribution in [0.5, 0.6) is 0 Å². The van der Waals surface area contributed by atoms with Crippen molar-refractivity contribution >= 4 is 29.0 Å². The van der Waals surface area contributed by atoms with E-state index in [0.717, 1.165) is 25.2 Å². The van der Waals surface area contributed by atoms with E-state index < -0.39 is 0 Å². The van der Waals surface area contributed by atoms with Crippen LogP contribution in [-0.4, -0.2) is 31.5 Å². The van der Waals surface area contributed by atoms with E-state index in [4.69, 9.17) is 0 Å². The Hall–Kier alpha value is -1.42. The molecule has 2 N–H and O–H groups in total. The fourth-order valence-electron chi connectivity index (χ4n) is 2.64. The number of hydrogen-bond acceptors (Lipinski definition) is 3. The SMILES string of the molecule is Cl.O=C(Cc1cccc2ccccc12)C1CNCCN1. The Labute approximate surface area is 125 Å². The van der Waals surface area contributed by atoms with Crippen LogP contribution < -0.4 is 10.6 Å². The normalized spacial score (nSPS) is 18.5. The number of piperazine rings is 1. The third kappa shape index (κ3) is 3.18. The molecule has 0 saturated carbocycles. The minimum atomic E-state index is -0.0484. The van der Waals surface area contributed by atoms with Gasteiger partial charge in [0.1, 0.15) is 0 Å². The summed E-state index contributed by atoms with van der Waals surface area (Å²) in [6.45, 7) is 2.55. The van der Waals surface area contributed by atoms with E-state index in [2.05, 4.69) is 34.9 Å². The van der Waals surface area contributed by atoms with Gasteiger partial charge in [0.25, 0.3) is 0 Å². The van der Waals surface area contributed by atoms with Gasteiger partial charge in [0, 0.05) is 26.1 Å². The highest BCUT2D eigenvalue weighted by Crippen LogP contribution is 2.19. The Morgan fingerprint density at radius 3 is 2.70 bits per heavy atom. The summed E-state index contributed by atoms with van der Waals surface area (Å²) in [6, 6.07) is 14.3. The Morgan fingerprint density at radius 1 is 1.10 bits per heavy atom. The number of carbonyl (C=O) groups excluding carboxylic acids is 1. The van der Waals surface area contributed by atoms with Crippen molar-refractivity contribution in [2.24, 2.45) is 0 Å². The Morgan fingerprint density at radius 2 is 1.90 bits per heavy atom. The van der Waals surface area contributed by atoms with Crippen molar-refractivity contribution in [3.05, 3.63) is 48.0 Å². The zero-order chi connectivity index (χ0) is 13.1. The van der Waals surface area contributed by atoms with E-state index in [-0.39, 0.29) is 24.2 Å². The summed E-state index contributed by atoms with van der Waals surface area (Å²) in [5, 5.41) is 8.91. The predicted octanol–water partition coefficient (Wildman–Crippen LogP) is 1.93. The molecule has 1 aliphatic heterocycles. The van der Waals surface area contributed by atoms with Gasteiger partial charge in [-0.1, -0.05) is 42.5 Å². The van der Waals surface area contributed by atoms with Gasteiger partial charge in [-0.2, -0.15) is 0 Å². The van der Waals surface area contributed by atoms with Crippen molar-refractivity contribution in [2.75, 3.05) is 19.6 Å². The van der Waals surface area contributed by atoms with Gasteiger partial charge in [0.05, 0.1) is 6.04 Å². The molecule has 0 radical (unpaired) electrons. The second-order valence-electron chi connectivity index (χ2n) is 4.99. The summed E-state index contributed by atoms with van der Waals surface area (Å²) in [6.07, 6.45) is 0.501. The lowest BCUT2D eigenvalue weighted by Gasteiger charge is -2.23. The van der Waals surface area contributed by atoms with E-state index in [0.29, 0.717) is 6.42 Å². The lowest BCUT2D eigenvalue weighted by Crippen LogP contribution is -2.52. The average Bonchev–Trinajstić information content (AvgIpc) is 2.48. The fourth-order valence-corrected chi connectivity index (χ4v) is 2.64. The first-order valence-electron chi connectivity index (χ1n) is 6.78. The first-order chi connectivity index (χ1) is 9.34. The molecule has 1 aliphatic rings. The number of benzene rings is 2. The van der Waals surface area contributed by atoms with E-state index in [9.17, 15) is 4.79 Å². The predicted molar refractivity (Wildman–Crippen MR) is 84.6 cm³/mol. The number of hydrogen-bond donors (Lipinski definition) is 2. The van der Waals surface area contributed by atoms with Gasteiger partial charge < -0.3 is 10.6 Å². The molecule has 1 unspecified atom stereocenters. The average molecular weight is 291 g/mol. The molecule has 0 aromatic heterocycles. The minimum Gasteiger partial charge on any atom is -0.313 e. The summed E-state index contributed by atoms with van der Waals surface area (Å²) >= 11 is 0. The summed E-state index contributed by atoms with van der Waals surface area (Å²) in [5.41, 5.74) is 1.12. The minimum absolute atomic E-state index is 0. The molecule has 3 rings (SSSR count). The Bertz CT molecular complexity index is 589. The van der Waals surface area contributed by atoms with Gasteiger partial charge in [-0.3, -0.25) is 4.79 Å². The molecule has 3 nitrogen and oxygen atoms in total. The lowest BCUT2D eigenvalue weighted by atomic mass is 9.97. The van der Waals surface area contributed by atoms with E-state index >= 15 is 0 Å². The molecule has 20 heavy (non-hydrogen) atoms. The molecule has 1 atom stereocenters. The topological polar surface area (TPSA) is 41.1 Å². The molecule has 0 amide bonds. The highest BCUT2D eigenvalue weighted by atomic mass is 35.5.